The summed E-state index contributed by atoms with van der Waals surface area (Å²) >= 11 is 0. The van der Waals surface area contributed by atoms with Crippen LogP contribution < -0.4 is 5.32 Å². The van der Waals surface area contributed by atoms with Crippen molar-refractivity contribution in [2.75, 3.05) is 19.8 Å². The molecule has 6 heteroatoms. The molecule has 2 aliphatic rings. The van der Waals surface area contributed by atoms with E-state index in [2.05, 4.69) is 5.32 Å². The normalized spacial score (nSPS) is 21.7. The van der Waals surface area contributed by atoms with E-state index in [1.54, 1.807) is 0 Å². The minimum atomic E-state index is -0.653. The highest BCUT2D eigenvalue weighted by molar-refractivity contribution is 6.07. The molecule has 19 heavy (non-hydrogen) atoms. The van der Waals surface area contributed by atoms with Gasteiger partial charge < -0.3 is 14.8 Å². The van der Waals surface area contributed by atoms with E-state index in [0.29, 0.717) is 13.2 Å². The van der Waals surface area contributed by atoms with Crippen LogP contribution in [-0.2, 0) is 14.3 Å². The summed E-state index contributed by atoms with van der Waals surface area (Å²) in [4.78, 5) is 25.6. The Kier molecular flexibility index (Phi) is 4.42. The van der Waals surface area contributed by atoms with Crippen LogP contribution in [-0.4, -0.2) is 48.4 Å². The molecule has 2 rings (SSSR count). The van der Waals surface area contributed by atoms with Gasteiger partial charge in [-0.1, -0.05) is 12.8 Å². The topological polar surface area (TPSA) is 67.9 Å². The second-order valence-electron chi connectivity index (χ2n) is 4.98. The summed E-state index contributed by atoms with van der Waals surface area (Å²) in [5.74, 6) is -0.126. The maximum absolute atomic E-state index is 12.4. The Morgan fingerprint density at radius 2 is 1.79 bits per heavy atom. The Hall–Kier alpha value is -1.14. The zero-order valence-electron chi connectivity index (χ0n) is 11.6. The van der Waals surface area contributed by atoms with Crippen LogP contribution in [0.5, 0.6) is 0 Å². The van der Waals surface area contributed by atoms with Crippen molar-refractivity contribution in [1.29, 1.82) is 0 Å². The van der Waals surface area contributed by atoms with E-state index in [9.17, 15) is 9.59 Å². The van der Waals surface area contributed by atoms with Gasteiger partial charge in [0.05, 0.1) is 6.54 Å². The maximum Gasteiger partial charge on any atom is 0.325 e. The average Bonchev–Trinajstić information content (AvgIpc) is 2.92. The summed E-state index contributed by atoms with van der Waals surface area (Å²) in [6.45, 7) is 4.85. The molecule has 1 heterocycles. The van der Waals surface area contributed by atoms with E-state index >= 15 is 0 Å². The number of imide groups is 1. The summed E-state index contributed by atoms with van der Waals surface area (Å²) in [7, 11) is 0. The number of urea groups is 1. The van der Waals surface area contributed by atoms with Crippen LogP contribution in [0, 0.1) is 0 Å². The van der Waals surface area contributed by atoms with E-state index < -0.39 is 11.8 Å². The molecule has 1 N–H and O–H groups in total. The van der Waals surface area contributed by atoms with Crippen molar-refractivity contribution in [3.05, 3.63) is 0 Å². The van der Waals surface area contributed by atoms with Gasteiger partial charge in [-0.15, -0.1) is 0 Å². The van der Waals surface area contributed by atoms with E-state index in [0.717, 1.165) is 25.7 Å². The number of carbonyl (C=O) groups excluding carboxylic acids is 2. The number of hydrogen-bond acceptors (Lipinski definition) is 4. The molecule has 108 valence electrons. The van der Waals surface area contributed by atoms with Crippen LogP contribution >= 0.6 is 0 Å². The Bertz CT molecular complexity index is 347. The number of hydrogen-bond donors (Lipinski definition) is 1. The van der Waals surface area contributed by atoms with Gasteiger partial charge in [0.2, 0.25) is 0 Å². The molecule has 1 saturated heterocycles. The second-order valence-corrected chi connectivity index (χ2v) is 4.98. The summed E-state index contributed by atoms with van der Waals surface area (Å²) in [6.07, 6.45) is 2.91. The van der Waals surface area contributed by atoms with E-state index in [1.165, 1.54) is 4.90 Å². The number of carbonyl (C=O) groups is 2. The molecule has 0 bridgehead atoms. The fraction of sp³-hybridized carbons (Fsp3) is 0.846. The molecular formula is C13H22N2O4. The quantitative estimate of drug-likeness (QED) is 0.582. The summed E-state index contributed by atoms with van der Waals surface area (Å²) < 4.78 is 10.8. The fourth-order valence-electron chi connectivity index (χ4n) is 2.83. The molecule has 0 aromatic rings. The number of rotatable bonds is 6. The molecule has 0 atom stereocenters. The first-order valence-corrected chi connectivity index (χ1v) is 7.00. The first kappa shape index (κ1) is 14.3. The minimum absolute atomic E-state index is 0.126. The van der Waals surface area contributed by atoms with Crippen LogP contribution in [0.4, 0.5) is 4.79 Å². The van der Waals surface area contributed by atoms with Crippen molar-refractivity contribution in [1.82, 2.24) is 10.2 Å². The van der Waals surface area contributed by atoms with Crippen molar-refractivity contribution in [3.63, 3.8) is 0 Å². The average molecular weight is 270 g/mol. The van der Waals surface area contributed by atoms with Crippen molar-refractivity contribution < 1.29 is 19.1 Å². The smallest absolute Gasteiger partial charge is 0.325 e. The Labute approximate surface area is 113 Å². The minimum Gasteiger partial charge on any atom is -0.351 e. The molecule has 0 aromatic heterocycles. The maximum atomic E-state index is 12.4. The molecule has 1 spiro atoms. The first-order valence-electron chi connectivity index (χ1n) is 7.00. The molecule has 0 unspecified atom stereocenters. The lowest BCUT2D eigenvalue weighted by Gasteiger charge is -2.23. The third-order valence-corrected chi connectivity index (χ3v) is 3.74. The van der Waals surface area contributed by atoms with Gasteiger partial charge in [0.15, 0.2) is 6.29 Å². The second kappa shape index (κ2) is 5.88. The van der Waals surface area contributed by atoms with E-state index in [4.69, 9.17) is 9.47 Å². The first-order chi connectivity index (χ1) is 9.13. The predicted octanol–water partition coefficient (Wildman–Crippen LogP) is 1.25. The van der Waals surface area contributed by atoms with Gasteiger partial charge in [-0.05, 0) is 26.7 Å². The van der Waals surface area contributed by atoms with Crippen molar-refractivity contribution in [2.45, 2.75) is 51.4 Å². The highest BCUT2D eigenvalue weighted by Gasteiger charge is 2.52. The molecule has 1 aliphatic carbocycles. The number of ether oxygens (including phenoxy) is 2. The van der Waals surface area contributed by atoms with Crippen molar-refractivity contribution in [2.24, 2.45) is 0 Å². The van der Waals surface area contributed by atoms with Gasteiger partial charge in [0, 0.05) is 13.2 Å². The van der Waals surface area contributed by atoms with Crippen LogP contribution in [0.1, 0.15) is 39.5 Å². The highest BCUT2D eigenvalue weighted by Crippen LogP contribution is 2.35. The third-order valence-electron chi connectivity index (χ3n) is 3.74. The fourth-order valence-corrected chi connectivity index (χ4v) is 2.83. The molecule has 1 saturated carbocycles. The molecule has 1 aliphatic heterocycles. The third kappa shape index (κ3) is 2.74. The standard InChI is InChI=1S/C13H22N2O4/c1-3-18-10(19-4-2)9-15-11(16)13(14-12(15)17)7-5-6-8-13/h10H,3-9H2,1-2H3,(H,14,17). The van der Waals surface area contributed by atoms with Gasteiger partial charge in [0.25, 0.3) is 5.91 Å². The zero-order chi connectivity index (χ0) is 13.9. The van der Waals surface area contributed by atoms with E-state index in [-0.39, 0.29) is 18.5 Å². The van der Waals surface area contributed by atoms with Gasteiger partial charge in [-0.2, -0.15) is 0 Å². The number of nitrogens with zero attached hydrogens (tertiary/aromatic N) is 1. The number of amides is 3. The van der Waals surface area contributed by atoms with Crippen molar-refractivity contribution in [3.8, 4) is 0 Å². The SMILES string of the molecule is CCOC(CN1C(=O)NC2(CCCC2)C1=O)OCC. The Morgan fingerprint density at radius 1 is 1.21 bits per heavy atom. The zero-order valence-corrected chi connectivity index (χ0v) is 11.6. The summed E-state index contributed by atoms with van der Waals surface area (Å²) in [5, 5.41) is 2.85. The van der Waals surface area contributed by atoms with Crippen molar-refractivity contribution >= 4 is 11.9 Å². The van der Waals surface area contributed by atoms with Gasteiger partial charge in [0.1, 0.15) is 5.54 Å². The lowest BCUT2D eigenvalue weighted by molar-refractivity contribution is -0.153. The lowest BCUT2D eigenvalue weighted by Crippen LogP contribution is -2.45. The van der Waals surface area contributed by atoms with Gasteiger partial charge in [-0.25, -0.2) is 4.79 Å². The van der Waals surface area contributed by atoms with Gasteiger partial charge in [-0.3, -0.25) is 9.69 Å². The monoisotopic (exact) mass is 270 g/mol. The summed E-state index contributed by atoms with van der Waals surface area (Å²) in [6, 6.07) is -0.323. The van der Waals surface area contributed by atoms with Crippen LogP contribution in [0.25, 0.3) is 0 Å². The number of nitrogens with one attached hydrogen (secondary N) is 1. The summed E-state index contributed by atoms with van der Waals surface area (Å²) in [5.41, 5.74) is -0.653. The molecule has 0 radical (unpaired) electrons. The van der Waals surface area contributed by atoms with Crippen LogP contribution in [0.2, 0.25) is 0 Å². The Morgan fingerprint density at radius 3 is 2.32 bits per heavy atom. The highest BCUT2D eigenvalue weighted by atomic mass is 16.7. The largest absolute Gasteiger partial charge is 0.351 e. The molecule has 3 amide bonds. The molecule has 2 fully saturated rings. The molecule has 6 nitrogen and oxygen atoms in total. The Balaban J connectivity index is 2.03. The lowest BCUT2D eigenvalue weighted by atomic mass is 9.98. The predicted molar refractivity (Wildman–Crippen MR) is 68.5 cm³/mol. The van der Waals surface area contributed by atoms with Crippen LogP contribution in [0.15, 0.2) is 0 Å². The van der Waals surface area contributed by atoms with Crippen LogP contribution in [0.3, 0.4) is 0 Å². The van der Waals surface area contributed by atoms with Gasteiger partial charge >= 0.3 is 6.03 Å². The molecular weight excluding hydrogens is 248 g/mol. The molecule has 0 aromatic carbocycles. The van der Waals surface area contributed by atoms with E-state index in [1.807, 2.05) is 13.8 Å².